The van der Waals surface area contributed by atoms with Crippen molar-refractivity contribution in [3.8, 4) is 11.5 Å². The van der Waals surface area contributed by atoms with E-state index in [1.54, 1.807) is 0 Å². The Kier molecular flexibility index (Phi) is 18.9. The minimum Gasteiger partial charge on any atom is -0.463 e. The maximum Gasteiger partial charge on any atom is 0.323 e. The third-order valence-corrected chi connectivity index (χ3v) is 10.8. The van der Waals surface area contributed by atoms with Crippen LogP contribution in [-0.4, -0.2) is 63.5 Å². The lowest BCUT2D eigenvalue weighted by Crippen LogP contribution is -2.16. The van der Waals surface area contributed by atoms with Gasteiger partial charge in [-0.05, 0) is 59.8 Å². The van der Waals surface area contributed by atoms with E-state index in [4.69, 9.17) is 28.4 Å². The van der Waals surface area contributed by atoms with Crippen LogP contribution in [0.15, 0.2) is 72.8 Å². The molecule has 0 N–H and O–H groups in total. The minimum absolute atomic E-state index is 0.114. The summed E-state index contributed by atoms with van der Waals surface area (Å²) in [6, 6.07) is 23.8. The molecule has 10 nitrogen and oxygen atoms in total. The molecule has 6 rings (SSSR count). The molecule has 0 saturated heterocycles. The van der Waals surface area contributed by atoms with Crippen LogP contribution < -0.4 is 9.47 Å². The Morgan fingerprint density at radius 2 is 0.891 bits per heavy atom. The highest BCUT2D eigenvalue weighted by Crippen LogP contribution is 2.47. The van der Waals surface area contributed by atoms with Gasteiger partial charge in [0.1, 0.15) is 36.5 Å². The second kappa shape index (κ2) is 23.6. The largest absolute Gasteiger partial charge is 0.463 e. The van der Waals surface area contributed by atoms with Gasteiger partial charge in [-0.3, -0.25) is 19.2 Å². The van der Waals surface area contributed by atoms with Crippen molar-refractivity contribution in [2.75, 3.05) is 39.6 Å². The van der Waals surface area contributed by atoms with Crippen LogP contribution in [0, 0.1) is 13.8 Å². The Labute approximate surface area is 381 Å². The molecular formula is C54H70O10. The topological polar surface area (TPSA) is 124 Å². The number of carbonyl (C=O) groups is 4. The molecule has 0 amide bonds. The van der Waals surface area contributed by atoms with Crippen molar-refractivity contribution in [3.05, 3.63) is 128 Å². The fourth-order valence-corrected chi connectivity index (χ4v) is 7.78. The Morgan fingerprint density at radius 3 is 1.23 bits per heavy atom. The van der Waals surface area contributed by atoms with E-state index in [9.17, 15) is 19.2 Å². The molecular weight excluding hydrogens is 809 g/mol. The van der Waals surface area contributed by atoms with E-state index in [-0.39, 0.29) is 74.0 Å². The third-order valence-electron chi connectivity index (χ3n) is 10.8. The van der Waals surface area contributed by atoms with Crippen LogP contribution in [0.3, 0.4) is 0 Å². The van der Waals surface area contributed by atoms with Crippen LogP contribution in [0.4, 0.5) is 0 Å². The van der Waals surface area contributed by atoms with Gasteiger partial charge in [0.25, 0.3) is 0 Å². The fourth-order valence-electron chi connectivity index (χ4n) is 7.78. The fraction of sp³-hybridized carbons (Fsp3) is 0.481. The molecule has 0 bridgehead atoms. The zero-order chi connectivity index (χ0) is 47.2. The van der Waals surface area contributed by atoms with Gasteiger partial charge < -0.3 is 28.4 Å². The van der Waals surface area contributed by atoms with Crippen LogP contribution in [-0.2, 0) is 61.8 Å². The monoisotopic (exact) mass is 878 g/mol. The number of hydrogen-bond donors (Lipinski definition) is 0. The maximum absolute atomic E-state index is 13.1. The average molecular weight is 879 g/mol. The quantitative estimate of drug-likeness (QED) is 0.0575. The van der Waals surface area contributed by atoms with Gasteiger partial charge in [-0.1, -0.05) is 153 Å². The summed E-state index contributed by atoms with van der Waals surface area (Å²) in [5.74, 6) is -1.03. The number of rotatable bonds is 17. The molecule has 0 aromatic heterocycles. The van der Waals surface area contributed by atoms with E-state index >= 15 is 0 Å². The van der Waals surface area contributed by atoms with E-state index in [0.717, 1.165) is 55.6 Å². The molecule has 2 heterocycles. The smallest absolute Gasteiger partial charge is 0.323 e. The summed E-state index contributed by atoms with van der Waals surface area (Å²) in [6.45, 7) is 25.8. The summed E-state index contributed by atoms with van der Waals surface area (Å²) in [5, 5.41) is 0. The van der Waals surface area contributed by atoms with Gasteiger partial charge in [0.15, 0.2) is 0 Å². The number of ether oxygens (including phenoxy) is 6. The summed E-state index contributed by atoms with van der Waals surface area (Å²) in [5.41, 5.74) is 8.80. The number of aryl methyl sites for hydroxylation is 4. The van der Waals surface area contributed by atoms with Crippen molar-refractivity contribution in [1.82, 2.24) is 0 Å². The Morgan fingerprint density at radius 1 is 0.531 bits per heavy atom. The molecule has 0 aliphatic carbocycles. The summed E-state index contributed by atoms with van der Waals surface area (Å²) >= 11 is 0. The molecule has 0 fully saturated rings. The Balaban J connectivity index is 0.00000218. The zero-order valence-electron chi connectivity index (χ0n) is 40.2. The molecule has 2 aliphatic heterocycles. The third kappa shape index (κ3) is 13.6. The van der Waals surface area contributed by atoms with Gasteiger partial charge in [-0.25, -0.2) is 0 Å². The first-order valence-electron chi connectivity index (χ1n) is 22.9. The lowest BCUT2D eigenvalue weighted by molar-refractivity contribution is -0.146. The van der Waals surface area contributed by atoms with E-state index < -0.39 is 11.8 Å². The maximum atomic E-state index is 13.1. The van der Waals surface area contributed by atoms with Crippen LogP contribution in [0.1, 0.15) is 150 Å². The van der Waals surface area contributed by atoms with Gasteiger partial charge in [0.2, 0.25) is 0 Å². The standard InChI is InChI=1S/C50H58O10.2C2H6/c1-31-11-9-13-35(25-31)43-37-27-33(29-39(49(3,4)5)45(37)59-47(43)53)15-17-41(51)57-23-21-55-19-20-56-22-24-58-42(52)18-16-34-28-38-44(36-14-10-12-32(2)26-36)48(54)60-46(38)40(30-34)50(6,7)8;2*1-2/h9-14,25-30,43-44H,15-24H2,1-8H3;2*1-2H3. The minimum atomic E-state index is -0.511. The molecule has 2 atom stereocenters. The second-order valence-electron chi connectivity index (χ2n) is 17.8. The number of hydrogen-bond acceptors (Lipinski definition) is 10. The summed E-state index contributed by atoms with van der Waals surface area (Å²) in [6.07, 6.45) is 1.29. The van der Waals surface area contributed by atoms with Crippen molar-refractivity contribution >= 4 is 23.9 Å². The molecule has 0 saturated carbocycles. The highest BCUT2D eigenvalue weighted by atomic mass is 16.6. The van der Waals surface area contributed by atoms with Crippen molar-refractivity contribution in [3.63, 3.8) is 0 Å². The highest BCUT2D eigenvalue weighted by Gasteiger charge is 2.40. The van der Waals surface area contributed by atoms with Gasteiger partial charge in [-0.15, -0.1) is 0 Å². The second-order valence-corrected chi connectivity index (χ2v) is 17.8. The first kappa shape index (κ1) is 51.3. The summed E-state index contributed by atoms with van der Waals surface area (Å²) in [4.78, 5) is 51.5. The van der Waals surface area contributed by atoms with Crippen LogP contribution in [0.2, 0.25) is 0 Å². The number of benzene rings is 4. The van der Waals surface area contributed by atoms with Gasteiger partial charge in [0, 0.05) is 35.1 Å². The molecule has 64 heavy (non-hydrogen) atoms. The van der Waals surface area contributed by atoms with Gasteiger partial charge in [-0.2, -0.15) is 0 Å². The summed E-state index contributed by atoms with van der Waals surface area (Å²) in [7, 11) is 0. The molecule has 346 valence electrons. The van der Waals surface area contributed by atoms with Crippen LogP contribution in [0.5, 0.6) is 11.5 Å². The van der Waals surface area contributed by atoms with Crippen LogP contribution >= 0.6 is 0 Å². The lowest BCUT2D eigenvalue weighted by Gasteiger charge is -2.23. The number of fused-ring (bicyclic) bond motifs is 2. The first-order valence-corrected chi connectivity index (χ1v) is 22.9. The molecule has 0 radical (unpaired) electrons. The van der Waals surface area contributed by atoms with Gasteiger partial charge in [0.05, 0.1) is 26.4 Å². The zero-order valence-corrected chi connectivity index (χ0v) is 40.2. The van der Waals surface area contributed by atoms with E-state index in [1.807, 2.05) is 114 Å². The van der Waals surface area contributed by atoms with Crippen molar-refractivity contribution in [2.24, 2.45) is 0 Å². The molecule has 10 heteroatoms. The van der Waals surface area contributed by atoms with Crippen molar-refractivity contribution < 1.29 is 47.6 Å². The van der Waals surface area contributed by atoms with E-state index in [2.05, 4.69) is 41.5 Å². The molecule has 2 unspecified atom stereocenters. The molecule has 0 spiro atoms. The predicted octanol–water partition coefficient (Wildman–Crippen LogP) is 10.7. The molecule has 4 aromatic carbocycles. The van der Waals surface area contributed by atoms with Gasteiger partial charge >= 0.3 is 23.9 Å². The van der Waals surface area contributed by atoms with E-state index in [0.29, 0.717) is 37.6 Å². The van der Waals surface area contributed by atoms with Crippen molar-refractivity contribution in [2.45, 2.75) is 131 Å². The summed E-state index contributed by atoms with van der Waals surface area (Å²) < 4.78 is 33.7. The SMILES string of the molecule is CC.CC.Cc1cccc(C2C(=O)Oc3c2cc(CCC(=O)OCCOCCOCCOC(=O)CCc2cc4c(c(C(C)(C)C)c2)OC(=O)C4c2cccc(C)c2)cc3C(C)(C)C)c1. The Bertz CT molecular complexity index is 2070. The predicted molar refractivity (Wildman–Crippen MR) is 250 cm³/mol. The van der Waals surface area contributed by atoms with Crippen LogP contribution in [0.25, 0.3) is 0 Å². The lowest BCUT2D eigenvalue weighted by atomic mass is 9.81. The Hall–Kier alpha value is -5.32. The molecule has 2 aliphatic rings. The normalized spacial score (nSPS) is 15.1. The number of carbonyl (C=O) groups excluding carboxylic acids is 4. The highest BCUT2D eigenvalue weighted by molar-refractivity contribution is 5.91. The number of esters is 4. The van der Waals surface area contributed by atoms with Crippen molar-refractivity contribution in [1.29, 1.82) is 0 Å². The average Bonchev–Trinajstić information content (AvgIpc) is 3.77. The first-order chi connectivity index (χ1) is 30.5. The molecule has 4 aromatic rings. The van der Waals surface area contributed by atoms with E-state index in [1.165, 1.54) is 0 Å².